The van der Waals surface area contributed by atoms with Gasteiger partial charge in [0, 0.05) is 26.1 Å². The lowest BCUT2D eigenvalue weighted by atomic mass is 10.0. The SMILES string of the molecule is CC(=O)N1CCC(N)c2ccc(F)cc2C1.Cl. The fraction of sp³-hybridized carbons (Fsp3) is 0.417. The molecule has 1 amide bonds. The van der Waals surface area contributed by atoms with Crippen LogP contribution in [-0.2, 0) is 11.3 Å². The Bertz CT molecular complexity index is 425. The molecule has 2 N–H and O–H groups in total. The molecule has 0 aliphatic carbocycles. The van der Waals surface area contributed by atoms with Crippen molar-refractivity contribution in [1.82, 2.24) is 4.90 Å². The van der Waals surface area contributed by atoms with Gasteiger partial charge >= 0.3 is 0 Å². The molecule has 1 aliphatic heterocycles. The number of fused-ring (bicyclic) bond motifs is 1. The molecule has 2 rings (SSSR count). The van der Waals surface area contributed by atoms with Crippen LogP contribution in [0.2, 0.25) is 0 Å². The smallest absolute Gasteiger partial charge is 0.219 e. The van der Waals surface area contributed by atoms with Crippen molar-refractivity contribution in [2.45, 2.75) is 25.9 Å². The molecule has 0 saturated heterocycles. The second-order valence-electron chi connectivity index (χ2n) is 4.18. The highest BCUT2D eigenvalue weighted by Crippen LogP contribution is 2.25. The second-order valence-corrected chi connectivity index (χ2v) is 4.18. The number of halogens is 2. The number of rotatable bonds is 0. The van der Waals surface area contributed by atoms with Gasteiger partial charge in [0.1, 0.15) is 5.82 Å². The number of hydrogen-bond donors (Lipinski definition) is 1. The summed E-state index contributed by atoms with van der Waals surface area (Å²) in [6.45, 7) is 2.61. The molecule has 1 atom stereocenters. The lowest BCUT2D eigenvalue weighted by Gasteiger charge is -2.18. The van der Waals surface area contributed by atoms with Gasteiger partial charge in [-0.15, -0.1) is 12.4 Å². The summed E-state index contributed by atoms with van der Waals surface area (Å²) >= 11 is 0. The van der Waals surface area contributed by atoms with Crippen LogP contribution in [-0.4, -0.2) is 17.4 Å². The third-order valence-electron chi connectivity index (χ3n) is 3.02. The highest BCUT2D eigenvalue weighted by molar-refractivity contribution is 5.85. The number of amides is 1. The summed E-state index contributed by atoms with van der Waals surface area (Å²) in [6.07, 6.45) is 0.720. The van der Waals surface area contributed by atoms with Crippen molar-refractivity contribution in [1.29, 1.82) is 0 Å². The summed E-state index contributed by atoms with van der Waals surface area (Å²) in [5.74, 6) is -0.277. The van der Waals surface area contributed by atoms with E-state index in [4.69, 9.17) is 5.73 Å². The van der Waals surface area contributed by atoms with Crippen molar-refractivity contribution < 1.29 is 9.18 Å². The number of carbonyl (C=O) groups is 1. The van der Waals surface area contributed by atoms with Crippen LogP contribution in [0.25, 0.3) is 0 Å². The van der Waals surface area contributed by atoms with Gasteiger partial charge in [0.05, 0.1) is 0 Å². The molecule has 0 fully saturated rings. The molecule has 94 valence electrons. The van der Waals surface area contributed by atoms with Crippen LogP contribution in [0.5, 0.6) is 0 Å². The zero-order valence-corrected chi connectivity index (χ0v) is 10.5. The second kappa shape index (κ2) is 5.47. The highest BCUT2D eigenvalue weighted by Gasteiger charge is 2.21. The van der Waals surface area contributed by atoms with Gasteiger partial charge in [-0.2, -0.15) is 0 Å². The number of nitrogens with zero attached hydrogens (tertiary/aromatic N) is 1. The standard InChI is InChI=1S/C12H15FN2O.ClH/c1-8(16)15-5-4-12(14)11-3-2-10(13)6-9(11)7-15;/h2-3,6,12H,4-5,7,14H2,1H3;1H. The number of carbonyl (C=O) groups excluding carboxylic acids is 1. The maximum atomic E-state index is 13.1. The lowest BCUT2D eigenvalue weighted by Crippen LogP contribution is -2.28. The molecule has 0 aromatic heterocycles. The van der Waals surface area contributed by atoms with Crippen molar-refractivity contribution in [3.63, 3.8) is 0 Å². The van der Waals surface area contributed by atoms with Crippen molar-refractivity contribution >= 4 is 18.3 Å². The van der Waals surface area contributed by atoms with Crippen LogP contribution in [0, 0.1) is 5.82 Å². The van der Waals surface area contributed by atoms with E-state index in [1.54, 1.807) is 11.0 Å². The maximum Gasteiger partial charge on any atom is 0.219 e. The van der Waals surface area contributed by atoms with E-state index in [1.807, 2.05) is 0 Å². The van der Waals surface area contributed by atoms with E-state index in [9.17, 15) is 9.18 Å². The molecule has 0 spiro atoms. The lowest BCUT2D eigenvalue weighted by molar-refractivity contribution is -0.129. The van der Waals surface area contributed by atoms with Crippen molar-refractivity contribution in [2.24, 2.45) is 5.73 Å². The number of nitrogens with two attached hydrogens (primary N) is 1. The average molecular weight is 259 g/mol. The molecular formula is C12H16ClFN2O. The number of hydrogen-bond acceptors (Lipinski definition) is 2. The fourth-order valence-corrected chi connectivity index (χ4v) is 2.08. The maximum absolute atomic E-state index is 13.1. The van der Waals surface area contributed by atoms with E-state index in [2.05, 4.69) is 0 Å². The Labute approximate surface area is 106 Å². The minimum absolute atomic E-state index is 0. The monoisotopic (exact) mass is 258 g/mol. The van der Waals surface area contributed by atoms with E-state index in [0.29, 0.717) is 13.1 Å². The van der Waals surface area contributed by atoms with Crippen LogP contribution in [0.1, 0.15) is 30.5 Å². The Kier molecular flexibility index (Phi) is 4.48. The topological polar surface area (TPSA) is 46.3 Å². The molecule has 1 unspecified atom stereocenters. The van der Waals surface area contributed by atoms with Gasteiger partial charge in [0.25, 0.3) is 0 Å². The van der Waals surface area contributed by atoms with Crippen LogP contribution < -0.4 is 5.73 Å². The largest absolute Gasteiger partial charge is 0.339 e. The molecule has 0 bridgehead atoms. The Balaban J connectivity index is 0.00000144. The van der Waals surface area contributed by atoms with Gasteiger partial charge in [-0.05, 0) is 29.7 Å². The molecule has 1 heterocycles. The van der Waals surface area contributed by atoms with Gasteiger partial charge in [-0.3, -0.25) is 4.79 Å². The first-order valence-electron chi connectivity index (χ1n) is 5.37. The molecule has 0 radical (unpaired) electrons. The summed E-state index contributed by atoms with van der Waals surface area (Å²) in [4.78, 5) is 13.0. The molecule has 17 heavy (non-hydrogen) atoms. The zero-order chi connectivity index (χ0) is 11.7. The third-order valence-corrected chi connectivity index (χ3v) is 3.02. The predicted octanol–water partition coefficient (Wildman–Crippen LogP) is 2.00. The van der Waals surface area contributed by atoms with Crippen molar-refractivity contribution in [2.75, 3.05) is 6.54 Å². The van der Waals surface area contributed by atoms with Gasteiger partial charge in [-0.25, -0.2) is 4.39 Å². The van der Waals surface area contributed by atoms with E-state index in [-0.39, 0.29) is 30.2 Å². The first kappa shape index (κ1) is 13.9. The summed E-state index contributed by atoms with van der Waals surface area (Å²) in [6, 6.07) is 4.50. The third kappa shape index (κ3) is 2.96. The molecule has 5 heteroatoms. The van der Waals surface area contributed by atoms with Crippen LogP contribution >= 0.6 is 12.4 Å². The quantitative estimate of drug-likeness (QED) is 0.774. The summed E-state index contributed by atoms with van der Waals surface area (Å²) in [7, 11) is 0. The van der Waals surface area contributed by atoms with Gasteiger partial charge in [0.2, 0.25) is 5.91 Å². The molecule has 3 nitrogen and oxygen atoms in total. The molecule has 1 aromatic carbocycles. The molecule has 0 saturated carbocycles. The summed E-state index contributed by atoms with van der Waals surface area (Å²) in [5.41, 5.74) is 7.77. The van der Waals surface area contributed by atoms with Crippen LogP contribution in [0.3, 0.4) is 0 Å². The van der Waals surface area contributed by atoms with E-state index >= 15 is 0 Å². The minimum Gasteiger partial charge on any atom is -0.339 e. The average Bonchev–Trinajstić information content (AvgIpc) is 2.38. The van der Waals surface area contributed by atoms with Gasteiger partial charge in [-0.1, -0.05) is 6.07 Å². The van der Waals surface area contributed by atoms with E-state index in [0.717, 1.165) is 17.5 Å². The Morgan fingerprint density at radius 2 is 2.24 bits per heavy atom. The van der Waals surface area contributed by atoms with Gasteiger partial charge < -0.3 is 10.6 Å². The first-order valence-corrected chi connectivity index (χ1v) is 5.37. The Morgan fingerprint density at radius 3 is 2.88 bits per heavy atom. The molecule has 1 aromatic rings. The van der Waals surface area contributed by atoms with Crippen LogP contribution in [0.15, 0.2) is 18.2 Å². The summed E-state index contributed by atoms with van der Waals surface area (Å²) in [5, 5.41) is 0. The van der Waals surface area contributed by atoms with Crippen LogP contribution in [0.4, 0.5) is 4.39 Å². The zero-order valence-electron chi connectivity index (χ0n) is 9.65. The number of benzene rings is 1. The fourth-order valence-electron chi connectivity index (χ4n) is 2.08. The Morgan fingerprint density at radius 1 is 1.53 bits per heavy atom. The normalized spacial score (nSPS) is 19.0. The van der Waals surface area contributed by atoms with Gasteiger partial charge in [0.15, 0.2) is 0 Å². The van der Waals surface area contributed by atoms with E-state index < -0.39 is 0 Å². The first-order chi connectivity index (χ1) is 7.58. The molecule has 1 aliphatic rings. The predicted molar refractivity (Wildman–Crippen MR) is 66.3 cm³/mol. The molecular weight excluding hydrogens is 243 g/mol. The minimum atomic E-state index is -0.281. The Hall–Kier alpha value is -1.13. The van der Waals surface area contributed by atoms with Crippen molar-refractivity contribution in [3.05, 3.63) is 35.1 Å². The summed E-state index contributed by atoms with van der Waals surface area (Å²) < 4.78 is 13.1. The van der Waals surface area contributed by atoms with Crippen molar-refractivity contribution in [3.8, 4) is 0 Å². The highest BCUT2D eigenvalue weighted by atomic mass is 35.5. The van der Waals surface area contributed by atoms with E-state index in [1.165, 1.54) is 19.1 Å².